The van der Waals surface area contributed by atoms with Gasteiger partial charge in [0.2, 0.25) is 0 Å². The molecule has 1 aromatic carbocycles. The van der Waals surface area contributed by atoms with E-state index in [1.54, 1.807) is 0 Å². The van der Waals surface area contributed by atoms with Gasteiger partial charge in [0.1, 0.15) is 6.61 Å². The Morgan fingerprint density at radius 1 is 0.931 bits per heavy atom. The summed E-state index contributed by atoms with van der Waals surface area (Å²) in [7, 11) is 2.20. The number of piperazine rings is 1. The highest BCUT2D eigenvalue weighted by atomic mass is 16.5. The molecule has 4 nitrogen and oxygen atoms in total. The summed E-state index contributed by atoms with van der Waals surface area (Å²) in [6.45, 7) is 9.07. The Kier molecular flexibility index (Phi) is 5.75. The van der Waals surface area contributed by atoms with Crippen LogP contribution in [0.4, 0.5) is 0 Å². The molecule has 1 aliphatic heterocycles. The lowest BCUT2D eigenvalue weighted by Gasteiger charge is -2.54. The van der Waals surface area contributed by atoms with Crippen LogP contribution in [0.25, 0.3) is 0 Å². The monoisotopic (exact) mass is 397 g/mol. The summed E-state index contributed by atoms with van der Waals surface area (Å²) in [5.74, 6) is 7.21. The maximum Gasteiger partial charge on any atom is 0.161 e. The number of benzene rings is 1. The number of rotatable bonds is 7. The number of hydrogen-bond acceptors (Lipinski definition) is 4. The Labute approximate surface area is 176 Å². The Morgan fingerprint density at radius 3 is 2.38 bits per heavy atom. The largest absolute Gasteiger partial charge is 0.490 e. The highest BCUT2D eigenvalue weighted by Crippen LogP contribution is 2.61. The van der Waals surface area contributed by atoms with Crippen molar-refractivity contribution in [1.29, 1.82) is 0 Å². The summed E-state index contributed by atoms with van der Waals surface area (Å²) in [5.41, 5.74) is 1.47. The van der Waals surface area contributed by atoms with Crippen LogP contribution >= 0.6 is 0 Å². The van der Waals surface area contributed by atoms with E-state index in [2.05, 4.69) is 42.0 Å². The Balaban J connectivity index is 1.25. The van der Waals surface area contributed by atoms with E-state index in [4.69, 9.17) is 9.47 Å². The lowest BCUT2D eigenvalue weighted by atomic mass is 9.51. The van der Waals surface area contributed by atoms with E-state index in [-0.39, 0.29) is 0 Å². The van der Waals surface area contributed by atoms with Gasteiger partial charge in [0.05, 0.1) is 6.61 Å². The van der Waals surface area contributed by atoms with Crippen LogP contribution < -0.4 is 9.47 Å². The van der Waals surface area contributed by atoms with Gasteiger partial charge in [-0.25, -0.2) is 0 Å². The zero-order valence-electron chi connectivity index (χ0n) is 18.2. The van der Waals surface area contributed by atoms with Crippen molar-refractivity contribution < 1.29 is 9.47 Å². The maximum atomic E-state index is 6.19. The van der Waals surface area contributed by atoms with Crippen LogP contribution in [0.15, 0.2) is 18.2 Å². The first-order valence-corrected chi connectivity index (χ1v) is 11.8. The summed E-state index contributed by atoms with van der Waals surface area (Å²) in [4.78, 5) is 4.89. The van der Waals surface area contributed by atoms with Crippen molar-refractivity contribution in [3.63, 3.8) is 0 Å². The number of nitrogens with zero attached hydrogens (tertiary/aromatic N) is 2. The van der Waals surface area contributed by atoms with Crippen LogP contribution in [0.5, 0.6) is 11.5 Å². The van der Waals surface area contributed by atoms with Gasteiger partial charge in [-0.2, -0.15) is 0 Å². The van der Waals surface area contributed by atoms with E-state index in [1.807, 2.05) is 5.92 Å². The molecule has 6 rings (SSSR count). The third-order valence-electron chi connectivity index (χ3n) is 7.84. The van der Waals surface area contributed by atoms with Crippen molar-refractivity contribution >= 4 is 0 Å². The van der Waals surface area contributed by atoms with Gasteiger partial charge >= 0.3 is 0 Å². The van der Waals surface area contributed by atoms with Gasteiger partial charge in [-0.3, -0.25) is 4.90 Å². The molecule has 0 spiro atoms. The smallest absolute Gasteiger partial charge is 0.161 e. The topological polar surface area (TPSA) is 24.9 Å². The van der Waals surface area contributed by atoms with E-state index < -0.39 is 0 Å². The molecule has 1 heterocycles. The van der Waals surface area contributed by atoms with Gasteiger partial charge in [0, 0.05) is 32.7 Å². The van der Waals surface area contributed by atoms with Crippen molar-refractivity contribution in [3.05, 3.63) is 29.7 Å². The minimum atomic E-state index is 0.668. The molecule has 5 fully saturated rings. The first kappa shape index (κ1) is 19.7. The summed E-state index contributed by atoms with van der Waals surface area (Å²) in [5, 5.41) is 0. The maximum absolute atomic E-state index is 6.19. The molecule has 29 heavy (non-hydrogen) atoms. The molecule has 3 unspecified atom stereocenters. The van der Waals surface area contributed by atoms with E-state index in [0.717, 1.165) is 68.6 Å². The third-order valence-corrected chi connectivity index (χ3v) is 7.84. The number of hydrogen-bond donors (Lipinski definition) is 0. The van der Waals surface area contributed by atoms with Crippen molar-refractivity contribution in [2.75, 3.05) is 53.0 Å². The van der Waals surface area contributed by atoms with Gasteiger partial charge in [-0.05, 0) is 93.4 Å². The van der Waals surface area contributed by atoms with Crippen LogP contribution in [-0.2, 0) is 0 Å². The van der Waals surface area contributed by atoms with Crippen LogP contribution in [0.3, 0.4) is 0 Å². The normalized spacial score (nSPS) is 32.6. The predicted octanol–water partition coefficient (Wildman–Crippen LogP) is 4.21. The second-order valence-corrected chi connectivity index (χ2v) is 9.88. The fourth-order valence-electron chi connectivity index (χ4n) is 6.60. The summed E-state index contributed by atoms with van der Waals surface area (Å²) < 4.78 is 12.2. The molecule has 4 saturated carbocycles. The van der Waals surface area contributed by atoms with E-state index in [1.165, 1.54) is 37.7 Å². The van der Waals surface area contributed by atoms with Gasteiger partial charge < -0.3 is 14.4 Å². The summed E-state index contributed by atoms with van der Waals surface area (Å²) >= 11 is 0. The predicted molar refractivity (Wildman–Crippen MR) is 117 cm³/mol. The van der Waals surface area contributed by atoms with Crippen LogP contribution in [-0.4, -0.2) is 62.8 Å². The van der Waals surface area contributed by atoms with Crippen LogP contribution in [0, 0.1) is 23.7 Å². The number of ether oxygens (including phenoxy) is 2. The molecule has 0 N–H and O–H groups in total. The molecule has 1 aromatic rings. The first-order valence-electron chi connectivity index (χ1n) is 11.8. The van der Waals surface area contributed by atoms with Crippen molar-refractivity contribution in [2.24, 2.45) is 17.8 Å². The Morgan fingerprint density at radius 2 is 1.69 bits per heavy atom. The van der Waals surface area contributed by atoms with Crippen LogP contribution in [0.1, 0.15) is 50.5 Å². The zero-order chi connectivity index (χ0) is 19.8. The summed E-state index contributed by atoms with van der Waals surface area (Å²) in [6, 6.07) is 6.80. The average Bonchev–Trinajstić information content (AvgIpc) is 2.70. The molecular formula is C25H37N2O2. The highest BCUT2D eigenvalue weighted by molar-refractivity contribution is 5.46. The van der Waals surface area contributed by atoms with Crippen LogP contribution in [0.2, 0.25) is 0 Å². The third kappa shape index (κ3) is 4.16. The van der Waals surface area contributed by atoms with E-state index >= 15 is 0 Å². The second kappa shape index (κ2) is 8.47. The molecule has 4 heteroatoms. The zero-order valence-corrected chi connectivity index (χ0v) is 18.2. The molecule has 4 aliphatic carbocycles. The second-order valence-electron chi connectivity index (χ2n) is 9.88. The number of likely N-dealkylation sites (N-methyl/N-ethyl adjacent to an activating group) is 1. The molecular weight excluding hydrogens is 360 g/mol. The Hall–Kier alpha value is -1.26. The molecule has 159 valence electrons. The minimum Gasteiger partial charge on any atom is -0.490 e. The minimum absolute atomic E-state index is 0.668. The summed E-state index contributed by atoms with van der Waals surface area (Å²) in [6.07, 6.45) is 7.14. The molecule has 1 radical (unpaired) electrons. The lowest BCUT2D eigenvalue weighted by Crippen LogP contribution is -2.45. The van der Waals surface area contributed by atoms with Gasteiger partial charge in [0.15, 0.2) is 11.5 Å². The fourth-order valence-corrected chi connectivity index (χ4v) is 6.60. The highest BCUT2D eigenvalue weighted by Gasteiger charge is 2.48. The standard InChI is InChI=1S/C25H37N2O2/c1-3-28-24-17-20(25-21-13-18-12-19(15-21)16-22(25)14-18)4-5-23(24)29-11-10-27-8-6-26(2)7-9-27/h4-5,17-19,21,25H,3,6-16H2,1-2H3. The van der Waals surface area contributed by atoms with Gasteiger partial charge in [-0.1, -0.05) is 6.07 Å². The van der Waals surface area contributed by atoms with Crippen molar-refractivity contribution in [1.82, 2.24) is 9.80 Å². The molecule has 5 aliphatic rings. The molecule has 0 amide bonds. The molecule has 1 saturated heterocycles. The van der Waals surface area contributed by atoms with Crippen molar-refractivity contribution in [3.8, 4) is 11.5 Å². The average molecular weight is 398 g/mol. The molecule has 0 aromatic heterocycles. The molecule has 4 bridgehead atoms. The van der Waals surface area contributed by atoms with E-state index in [9.17, 15) is 0 Å². The van der Waals surface area contributed by atoms with Gasteiger partial charge in [0.25, 0.3) is 0 Å². The SMILES string of the molecule is CCOc1cc(C2[C]3CC4CC(C3)CC2C4)ccc1OCCN1CCN(C)CC1. The Bertz CT molecular complexity index is 670. The lowest BCUT2D eigenvalue weighted by molar-refractivity contribution is 0.0722. The first-order chi connectivity index (χ1) is 14.2. The van der Waals surface area contributed by atoms with E-state index in [0.29, 0.717) is 12.5 Å². The molecule has 3 atom stereocenters. The van der Waals surface area contributed by atoms with Gasteiger partial charge in [-0.15, -0.1) is 0 Å². The van der Waals surface area contributed by atoms with Crippen molar-refractivity contribution in [2.45, 2.75) is 44.9 Å². The fraction of sp³-hybridized carbons (Fsp3) is 0.720. The quantitative estimate of drug-likeness (QED) is 0.688.